The Labute approximate surface area is 131 Å². The van der Waals surface area contributed by atoms with Crippen LogP contribution < -0.4 is 5.73 Å². The van der Waals surface area contributed by atoms with E-state index in [2.05, 4.69) is 25.7 Å². The minimum absolute atomic E-state index is 0.237. The molecule has 1 saturated heterocycles. The van der Waals surface area contributed by atoms with Crippen molar-refractivity contribution in [1.82, 2.24) is 4.90 Å². The maximum absolute atomic E-state index is 6.36. The van der Waals surface area contributed by atoms with Crippen LogP contribution in [0.4, 0.5) is 0 Å². The Balaban J connectivity index is 2.10. The van der Waals surface area contributed by atoms with E-state index in [1.807, 2.05) is 0 Å². The lowest BCUT2D eigenvalue weighted by Crippen LogP contribution is -2.63. The first-order valence-corrected chi connectivity index (χ1v) is 9.20. The summed E-state index contributed by atoms with van der Waals surface area (Å²) in [5.41, 5.74) is 6.60. The first-order valence-electron chi connectivity index (χ1n) is 9.20. The van der Waals surface area contributed by atoms with Gasteiger partial charge in [-0.05, 0) is 50.5 Å². The average Bonchev–Trinajstić information content (AvgIpc) is 2.52. The number of nitrogens with zero attached hydrogens (tertiary/aromatic N) is 1. The van der Waals surface area contributed by atoms with Gasteiger partial charge in [-0.3, -0.25) is 4.90 Å². The van der Waals surface area contributed by atoms with Gasteiger partial charge < -0.3 is 10.5 Å². The third kappa shape index (κ3) is 3.80. The standard InChI is InChI=1S/C18H36N2O/c1-4-12-21-16-8-7-11-20(13-16)18(14-19)10-6-5-9-17(18)15(2)3/h15-17H,4-14,19H2,1-3H3. The fourth-order valence-corrected chi connectivity index (χ4v) is 4.74. The molecule has 1 saturated carbocycles. The molecule has 0 bridgehead atoms. The number of nitrogens with two attached hydrogens (primary N) is 1. The van der Waals surface area contributed by atoms with Crippen molar-refractivity contribution < 1.29 is 4.74 Å². The lowest BCUT2D eigenvalue weighted by Gasteiger charge is -2.54. The van der Waals surface area contributed by atoms with E-state index in [1.54, 1.807) is 0 Å². The summed E-state index contributed by atoms with van der Waals surface area (Å²) in [7, 11) is 0. The van der Waals surface area contributed by atoms with Gasteiger partial charge in [-0.2, -0.15) is 0 Å². The Hall–Kier alpha value is -0.120. The monoisotopic (exact) mass is 296 g/mol. The number of likely N-dealkylation sites (tertiary alicyclic amines) is 1. The molecule has 21 heavy (non-hydrogen) atoms. The molecular weight excluding hydrogens is 260 g/mol. The molecule has 3 heteroatoms. The maximum atomic E-state index is 6.36. The largest absolute Gasteiger partial charge is 0.377 e. The van der Waals surface area contributed by atoms with Gasteiger partial charge >= 0.3 is 0 Å². The van der Waals surface area contributed by atoms with E-state index in [0.717, 1.165) is 38.0 Å². The molecule has 2 N–H and O–H groups in total. The van der Waals surface area contributed by atoms with Gasteiger partial charge in [0.05, 0.1) is 6.10 Å². The van der Waals surface area contributed by atoms with Crippen LogP contribution in [-0.2, 0) is 4.74 Å². The van der Waals surface area contributed by atoms with Crippen molar-refractivity contribution in [2.75, 3.05) is 26.2 Å². The van der Waals surface area contributed by atoms with E-state index in [4.69, 9.17) is 10.5 Å². The number of piperidine rings is 1. The second kappa shape index (κ2) is 7.94. The van der Waals surface area contributed by atoms with Crippen LogP contribution in [0.5, 0.6) is 0 Å². The third-order valence-electron chi connectivity index (χ3n) is 5.79. The molecule has 3 nitrogen and oxygen atoms in total. The van der Waals surface area contributed by atoms with Crippen LogP contribution >= 0.6 is 0 Å². The van der Waals surface area contributed by atoms with Gasteiger partial charge in [0.2, 0.25) is 0 Å². The Morgan fingerprint density at radius 2 is 2.05 bits per heavy atom. The van der Waals surface area contributed by atoms with Crippen molar-refractivity contribution in [2.24, 2.45) is 17.6 Å². The van der Waals surface area contributed by atoms with Gasteiger partial charge in [0.25, 0.3) is 0 Å². The number of hydrogen-bond acceptors (Lipinski definition) is 3. The van der Waals surface area contributed by atoms with Crippen LogP contribution in [0.25, 0.3) is 0 Å². The smallest absolute Gasteiger partial charge is 0.0702 e. The predicted molar refractivity (Wildman–Crippen MR) is 89.4 cm³/mol. The minimum Gasteiger partial charge on any atom is -0.377 e. The van der Waals surface area contributed by atoms with Crippen molar-refractivity contribution in [3.8, 4) is 0 Å². The number of hydrogen-bond donors (Lipinski definition) is 1. The summed E-state index contributed by atoms with van der Waals surface area (Å²) in [6, 6.07) is 0. The summed E-state index contributed by atoms with van der Waals surface area (Å²) in [4.78, 5) is 2.72. The van der Waals surface area contributed by atoms with Gasteiger partial charge in [-0.25, -0.2) is 0 Å². The normalized spacial score (nSPS) is 35.3. The molecule has 2 rings (SSSR count). The van der Waals surface area contributed by atoms with Crippen LogP contribution in [0.1, 0.15) is 65.7 Å². The Kier molecular flexibility index (Phi) is 6.51. The predicted octanol–water partition coefficient (Wildman–Crippen LogP) is 3.42. The number of ether oxygens (including phenoxy) is 1. The number of rotatable bonds is 6. The van der Waals surface area contributed by atoms with Gasteiger partial charge in [-0.15, -0.1) is 0 Å². The molecule has 0 spiro atoms. The van der Waals surface area contributed by atoms with Crippen molar-refractivity contribution >= 4 is 0 Å². The van der Waals surface area contributed by atoms with Crippen LogP contribution in [0, 0.1) is 11.8 Å². The van der Waals surface area contributed by atoms with E-state index < -0.39 is 0 Å². The first-order chi connectivity index (χ1) is 10.1. The molecule has 3 atom stereocenters. The average molecular weight is 296 g/mol. The van der Waals surface area contributed by atoms with E-state index >= 15 is 0 Å². The fourth-order valence-electron chi connectivity index (χ4n) is 4.74. The molecule has 0 aromatic carbocycles. The quantitative estimate of drug-likeness (QED) is 0.816. The van der Waals surface area contributed by atoms with E-state index in [-0.39, 0.29) is 5.54 Å². The minimum atomic E-state index is 0.237. The van der Waals surface area contributed by atoms with Crippen LogP contribution in [-0.4, -0.2) is 42.8 Å². The Bertz CT molecular complexity index is 308. The highest BCUT2D eigenvalue weighted by molar-refractivity contribution is 5.02. The highest BCUT2D eigenvalue weighted by Gasteiger charge is 2.46. The van der Waals surface area contributed by atoms with Gasteiger partial charge in [0, 0.05) is 25.2 Å². The molecule has 0 amide bonds. The second-order valence-corrected chi connectivity index (χ2v) is 7.49. The Morgan fingerprint density at radius 3 is 2.71 bits per heavy atom. The zero-order valence-electron chi connectivity index (χ0n) is 14.4. The summed E-state index contributed by atoms with van der Waals surface area (Å²) in [6.07, 6.45) is 9.40. The van der Waals surface area contributed by atoms with Gasteiger partial charge in [-0.1, -0.05) is 33.6 Å². The van der Waals surface area contributed by atoms with Gasteiger partial charge in [0.1, 0.15) is 0 Å². The summed E-state index contributed by atoms with van der Waals surface area (Å²) in [5.74, 6) is 1.48. The van der Waals surface area contributed by atoms with Crippen molar-refractivity contribution in [3.63, 3.8) is 0 Å². The van der Waals surface area contributed by atoms with Crippen molar-refractivity contribution in [2.45, 2.75) is 77.4 Å². The molecule has 3 unspecified atom stereocenters. The molecule has 1 aliphatic heterocycles. The van der Waals surface area contributed by atoms with E-state index in [9.17, 15) is 0 Å². The molecule has 2 aliphatic rings. The zero-order chi connectivity index (χ0) is 15.3. The summed E-state index contributed by atoms with van der Waals surface area (Å²) in [6.45, 7) is 11.0. The van der Waals surface area contributed by atoms with E-state index in [1.165, 1.54) is 45.1 Å². The third-order valence-corrected chi connectivity index (χ3v) is 5.79. The topological polar surface area (TPSA) is 38.5 Å². The fraction of sp³-hybridized carbons (Fsp3) is 1.00. The molecule has 2 fully saturated rings. The van der Waals surface area contributed by atoms with E-state index in [0.29, 0.717) is 6.10 Å². The molecule has 124 valence electrons. The zero-order valence-corrected chi connectivity index (χ0v) is 14.4. The first kappa shape index (κ1) is 17.2. The summed E-state index contributed by atoms with van der Waals surface area (Å²) < 4.78 is 6.06. The van der Waals surface area contributed by atoms with Crippen molar-refractivity contribution in [3.05, 3.63) is 0 Å². The SMILES string of the molecule is CCCOC1CCCN(C2(CN)CCCCC2C(C)C)C1. The molecule has 1 aliphatic carbocycles. The molecule has 0 aromatic rings. The van der Waals surface area contributed by atoms with Crippen LogP contribution in [0.15, 0.2) is 0 Å². The van der Waals surface area contributed by atoms with Gasteiger partial charge in [0.15, 0.2) is 0 Å². The lowest BCUT2D eigenvalue weighted by molar-refractivity contribution is -0.0749. The maximum Gasteiger partial charge on any atom is 0.0702 e. The highest BCUT2D eigenvalue weighted by atomic mass is 16.5. The van der Waals surface area contributed by atoms with Crippen LogP contribution in [0.3, 0.4) is 0 Å². The summed E-state index contributed by atoms with van der Waals surface area (Å²) >= 11 is 0. The van der Waals surface area contributed by atoms with Crippen molar-refractivity contribution in [1.29, 1.82) is 0 Å². The molecular formula is C18H36N2O. The Morgan fingerprint density at radius 1 is 1.24 bits per heavy atom. The highest BCUT2D eigenvalue weighted by Crippen LogP contribution is 2.43. The molecule has 0 aromatic heterocycles. The second-order valence-electron chi connectivity index (χ2n) is 7.49. The van der Waals surface area contributed by atoms with Crippen LogP contribution in [0.2, 0.25) is 0 Å². The lowest BCUT2D eigenvalue weighted by atomic mass is 9.66. The molecule has 0 radical (unpaired) electrons. The summed E-state index contributed by atoms with van der Waals surface area (Å²) in [5, 5.41) is 0. The molecule has 1 heterocycles.